The minimum absolute atomic E-state index is 0.00240. The number of alkyl halides is 2. The SMILES string of the molecule is CCOC(=O)c1ccccc1NC(=O)c1ncn(-c2ccc(OC(F)F)cc2)n1. The van der Waals surface area contributed by atoms with Crippen molar-refractivity contribution >= 4 is 17.6 Å². The van der Waals surface area contributed by atoms with E-state index >= 15 is 0 Å². The number of esters is 1. The van der Waals surface area contributed by atoms with E-state index in [2.05, 4.69) is 20.1 Å². The van der Waals surface area contributed by atoms with Gasteiger partial charge in [-0.2, -0.15) is 8.78 Å². The molecule has 10 heteroatoms. The first-order valence-electron chi connectivity index (χ1n) is 8.52. The molecule has 2 aromatic carbocycles. The Kier molecular flexibility index (Phi) is 6.12. The Hall–Kier alpha value is -3.82. The van der Waals surface area contributed by atoms with Crippen LogP contribution in [0.5, 0.6) is 5.75 Å². The summed E-state index contributed by atoms with van der Waals surface area (Å²) >= 11 is 0. The molecule has 0 fully saturated rings. The van der Waals surface area contributed by atoms with Gasteiger partial charge >= 0.3 is 12.6 Å². The Morgan fingerprint density at radius 1 is 1.14 bits per heavy atom. The molecule has 1 amide bonds. The van der Waals surface area contributed by atoms with Crippen LogP contribution in [-0.4, -0.2) is 39.9 Å². The van der Waals surface area contributed by atoms with Gasteiger partial charge in [0.25, 0.3) is 5.91 Å². The molecule has 0 aliphatic heterocycles. The molecule has 0 bridgehead atoms. The molecule has 0 atom stereocenters. The predicted molar refractivity (Wildman–Crippen MR) is 98.3 cm³/mol. The van der Waals surface area contributed by atoms with E-state index in [0.717, 1.165) is 0 Å². The number of hydrogen-bond donors (Lipinski definition) is 1. The van der Waals surface area contributed by atoms with Crippen LogP contribution in [0.15, 0.2) is 54.9 Å². The fourth-order valence-corrected chi connectivity index (χ4v) is 2.43. The molecule has 0 radical (unpaired) electrons. The largest absolute Gasteiger partial charge is 0.462 e. The standard InChI is InChI=1S/C19H16F2N4O4/c1-2-28-18(27)14-5-3-4-6-15(14)23-17(26)16-22-11-25(24-16)12-7-9-13(10-8-12)29-19(20)21/h3-11,19H,2H2,1H3,(H,23,26). The van der Waals surface area contributed by atoms with E-state index in [1.165, 1.54) is 41.3 Å². The van der Waals surface area contributed by atoms with Gasteiger partial charge in [0.05, 0.1) is 23.5 Å². The number of amides is 1. The third-order valence-corrected chi connectivity index (χ3v) is 3.69. The van der Waals surface area contributed by atoms with Gasteiger partial charge in [-0.05, 0) is 43.3 Å². The lowest BCUT2D eigenvalue weighted by Gasteiger charge is -2.09. The van der Waals surface area contributed by atoms with Crippen LogP contribution in [0.1, 0.15) is 27.9 Å². The van der Waals surface area contributed by atoms with Crippen LogP contribution in [0, 0.1) is 0 Å². The number of anilines is 1. The second-order valence-electron chi connectivity index (χ2n) is 5.61. The van der Waals surface area contributed by atoms with Gasteiger partial charge < -0.3 is 14.8 Å². The molecule has 0 aliphatic rings. The molecule has 3 rings (SSSR count). The molecule has 0 unspecified atom stereocenters. The van der Waals surface area contributed by atoms with Crippen molar-refractivity contribution in [1.82, 2.24) is 14.8 Å². The molecule has 1 aromatic heterocycles. The topological polar surface area (TPSA) is 95.3 Å². The van der Waals surface area contributed by atoms with Crippen molar-refractivity contribution in [3.8, 4) is 11.4 Å². The summed E-state index contributed by atoms with van der Waals surface area (Å²) in [6.45, 7) is -1.03. The van der Waals surface area contributed by atoms with E-state index in [1.807, 2.05) is 0 Å². The number of benzene rings is 2. The lowest BCUT2D eigenvalue weighted by atomic mass is 10.2. The number of nitrogens with zero attached hydrogens (tertiary/aromatic N) is 3. The van der Waals surface area contributed by atoms with Crippen LogP contribution in [0.4, 0.5) is 14.5 Å². The summed E-state index contributed by atoms with van der Waals surface area (Å²) in [7, 11) is 0. The molecule has 0 aliphatic carbocycles. The van der Waals surface area contributed by atoms with Gasteiger partial charge in [-0.15, -0.1) is 5.10 Å². The number of rotatable bonds is 7. The highest BCUT2D eigenvalue weighted by molar-refractivity contribution is 6.06. The van der Waals surface area contributed by atoms with E-state index in [9.17, 15) is 18.4 Å². The van der Waals surface area contributed by atoms with Gasteiger partial charge in [-0.1, -0.05) is 12.1 Å². The number of para-hydroxylation sites is 1. The second kappa shape index (κ2) is 8.91. The summed E-state index contributed by atoms with van der Waals surface area (Å²) in [5.41, 5.74) is 0.961. The molecule has 0 saturated heterocycles. The number of carbonyl (C=O) groups excluding carboxylic acids is 2. The first-order valence-corrected chi connectivity index (χ1v) is 8.52. The summed E-state index contributed by atoms with van der Waals surface area (Å²) in [6.07, 6.45) is 1.30. The average molecular weight is 402 g/mol. The Morgan fingerprint density at radius 2 is 1.86 bits per heavy atom. The summed E-state index contributed by atoms with van der Waals surface area (Å²) in [5.74, 6) is -1.33. The quantitative estimate of drug-likeness (QED) is 0.610. The number of hydrogen-bond acceptors (Lipinski definition) is 6. The fraction of sp³-hybridized carbons (Fsp3) is 0.158. The zero-order valence-corrected chi connectivity index (χ0v) is 15.2. The molecule has 3 aromatic rings. The van der Waals surface area contributed by atoms with E-state index in [0.29, 0.717) is 5.69 Å². The van der Waals surface area contributed by atoms with E-state index in [-0.39, 0.29) is 29.4 Å². The van der Waals surface area contributed by atoms with Gasteiger partial charge in [-0.25, -0.2) is 14.5 Å². The van der Waals surface area contributed by atoms with E-state index in [1.54, 1.807) is 25.1 Å². The number of carbonyl (C=O) groups is 2. The van der Waals surface area contributed by atoms with Crippen molar-refractivity contribution in [3.63, 3.8) is 0 Å². The predicted octanol–water partition coefficient (Wildman–Crippen LogP) is 3.30. The van der Waals surface area contributed by atoms with Gasteiger partial charge in [0, 0.05) is 0 Å². The minimum Gasteiger partial charge on any atom is -0.462 e. The van der Waals surface area contributed by atoms with Crippen LogP contribution in [-0.2, 0) is 4.74 Å². The Balaban J connectivity index is 1.74. The molecule has 0 spiro atoms. The molecule has 8 nitrogen and oxygen atoms in total. The lowest BCUT2D eigenvalue weighted by molar-refractivity contribution is -0.0498. The smallest absolute Gasteiger partial charge is 0.387 e. The number of ether oxygens (including phenoxy) is 2. The third-order valence-electron chi connectivity index (χ3n) is 3.69. The molecular weight excluding hydrogens is 386 g/mol. The number of aromatic nitrogens is 3. The molecular formula is C19H16F2N4O4. The molecule has 29 heavy (non-hydrogen) atoms. The van der Waals surface area contributed by atoms with Crippen molar-refractivity contribution in [2.75, 3.05) is 11.9 Å². The zero-order valence-electron chi connectivity index (χ0n) is 15.2. The zero-order chi connectivity index (χ0) is 20.8. The van der Waals surface area contributed by atoms with E-state index in [4.69, 9.17) is 4.74 Å². The summed E-state index contributed by atoms with van der Waals surface area (Å²) in [6, 6.07) is 12.1. The summed E-state index contributed by atoms with van der Waals surface area (Å²) in [4.78, 5) is 28.4. The Bertz CT molecular complexity index is 1010. The maximum absolute atomic E-state index is 12.5. The van der Waals surface area contributed by atoms with Crippen molar-refractivity contribution in [1.29, 1.82) is 0 Å². The fourth-order valence-electron chi connectivity index (χ4n) is 2.43. The monoisotopic (exact) mass is 402 g/mol. The summed E-state index contributed by atoms with van der Waals surface area (Å²) in [5, 5.41) is 6.65. The highest BCUT2D eigenvalue weighted by Gasteiger charge is 2.17. The molecule has 1 heterocycles. The molecule has 150 valence electrons. The summed E-state index contributed by atoms with van der Waals surface area (Å²) < 4.78 is 35.0. The van der Waals surface area contributed by atoms with Crippen molar-refractivity contribution in [2.45, 2.75) is 13.5 Å². The number of halogens is 2. The van der Waals surface area contributed by atoms with Crippen LogP contribution >= 0.6 is 0 Å². The highest BCUT2D eigenvalue weighted by Crippen LogP contribution is 2.18. The van der Waals surface area contributed by atoms with Gasteiger partial charge in [0.15, 0.2) is 0 Å². The maximum atomic E-state index is 12.5. The highest BCUT2D eigenvalue weighted by atomic mass is 19.3. The first kappa shape index (κ1) is 19.9. The van der Waals surface area contributed by atoms with Gasteiger partial charge in [0.2, 0.25) is 5.82 Å². The van der Waals surface area contributed by atoms with Crippen LogP contribution in [0.3, 0.4) is 0 Å². The third kappa shape index (κ3) is 4.92. The van der Waals surface area contributed by atoms with E-state index < -0.39 is 18.5 Å². The van der Waals surface area contributed by atoms with Crippen molar-refractivity contribution < 1.29 is 27.8 Å². The first-order chi connectivity index (χ1) is 14.0. The van der Waals surface area contributed by atoms with Gasteiger partial charge in [0.1, 0.15) is 12.1 Å². The Morgan fingerprint density at radius 3 is 2.55 bits per heavy atom. The van der Waals surface area contributed by atoms with Crippen LogP contribution < -0.4 is 10.1 Å². The van der Waals surface area contributed by atoms with Crippen LogP contribution in [0.25, 0.3) is 5.69 Å². The average Bonchev–Trinajstić information content (AvgIpc) is 3.19. The number of nitrogens with one attached hydrogen (secondary N) is 1. The minimum atomic E-state index is -2.92. The van der Waals surface area contributed by atoms with Crippen molar-refractivity contribution in [2.24, 2.45) is 0 Å². The normalized spacial score (nSPS) is 10.6. The van der Waals surface area contributed by atoms with Crippen molar-refractivity contribution in [3.05, 3.63) is 66.2 Å². The Labute approximate surface area is 164 Å². The maximum Gasteiger partial charge on any atom is 0.387 e. The molecule has 1 N–H and O–H groups in total. The van der Waals surface area contributed by atoms with Gasteiger partial charge in [-0.3, -0.25) is 4.79 Å². The molecule has 0 saturated carbocycles. The second-order valence-corrected chi connectivity index (χ2v) is 5.61. The van der Waals surface area contributed by atoms with Crippen LogP contribution in [0.2, 0.25) is 0 Å². The lowest BCUT2D eigenvalue weighted by Crippen LogP contribution is -2.17.